The van der Waals surface area contributed by atoms with Crippen LogP contribution in [0.2, 0.25) is 0 Å². The van der Waals surface area contributed by atoms with Crippen LogP contribution in [0.4, 0.5) is 17.6 Å². The molecule has 3 aliphatic rings. The minimum Gasteiger partial charge on any atom is -0.497 e. The van der Waals surface area contributed by atoms with Crippen LogP contribution in [0.25, 0.3) is 10.9 Å². The first-order valence-corrected chi connectivity index (χ1v) is 14.7. The lowest BCUT2D eigenvalue weighted by Crippen LogP contribution is -2.64. The molecule has 1 unspecified atom stereocenters. The highest BCUT2D eigenvalue weighted by Gasteiger charge is 2.50. The number of nitrogens with one attached hydrogen (secondary N) is 2. The second kappa shape index (κ2) is 9.93. The van der Waals surface area contributed by atoms with Gasteiger partial charge in [-0.2, -0.15) is 32.4 Å². The number of hydrogen-bond donors (Lipinski definition) is 2. The Bertz CT molecular complexity index is 1520. The molecule has 2 N–H and O–H groups in total. The van der Waals surface area contributed by atoms with Crippen molar-refractivity contribution in [3.8, 4) is 11.8 Å². The zero-order valence-electron chi connectivity index (χ0n) is 22.3. The third kappa shape index (κ3) is 4.66. The Morgan fingerprint density at radius 1 is 1.18 bits per heavy atom. The third-order valence-electron chi connectivity index (χ3n) is 8.21. The second-order valence-electron chi connectivity index (χ2n) is 10.8. The molecule has 0 amide bonds. The maximum Gasteiger partial charge on any atom is 0.282 e. The highest BCUT2D eigenvalue weighted by Crippen LogP contribution is 2.40. The van der Waals surface area contributed by atoms with Crippen LogP contribution in [0.3, 0.4) is 0 Å². The van der Waals surface area contributed by atoms with E-state index in [9.17, 15) is 8.42 Å². The van der Waals surface area contributed by atoms with Crippen molar-refractivity contribution in [1.29, 1.82) is 5.26 Å². The molecule has 3 atom stereocenters. The van der Waals surface area contributed by atoms with Crippen molar-refractivity contribution in [2.75, 3.05) is 37.5 Å². The first-order chi connectivity index (χ1) is 18.8. The topological polar surface area (TPSA) is 143 Å². The van der Waals surface area contributed by atoms with Gasteiger partial charge in [-0.05, 0) is 44.7 Å². The predicted molar refractivity (Wildman–Crippen MR) is 147 cm³/mol. The summed E-state index contributed by atoms with van der Waals surface area (Å²) in [5.74, 6) is 2.36. The van der Waals surface area contributed by atoms with Gasteiger partial charge < -0.3 is 15.0 Å². The average molecular weight is 552 g/mol. The third-order valence-corrected chi connectivity index (χ3v) is 10.3. The Hall–Kier alpha value is -3.47. The highest BCUT2D eigenvalue weighted by atomic mass is 32.2. The van der Waals surface area contributed by atoms with Gasteiger partial charge >= 0.3 is 0 Å². The molecule has 5 heterocycles. The first kappa shape index (κ1) is 25.8. The van der Waals surface area contributed by atoms with Crippen LogP contribution in [0.1, 0.15) is 37.8 Å². The van der Waals surface area contributed by atoms with Gasteiger partial charge in [0.1, 0.15) is 11.6 Å². The van der Waals surface area contributed by atoms with Crippen molar-refractivity contribution in [2.45, 2.75) is 57.2 Å². The van der Waals surface area contributed by atoms with Crippen LogP contribution in [0.15, 0.2) is 24.3 Å². The summed E-state index contributed by atoms with van der Waals surface area (Å²) in [5.41, 5.74) is 1.68. The van der Waals surface area contributed by atoms with E-state index in [1.54, 1.807) is 11.4 Å². The van der Waals surface area contributed by atoms with Crippen molar-refractivity contribution in [2.24, 2.45) is 5.92 Å². The summed E-state index contributed by atoms with van der Waals surface area (Å²) in [6.45, 7) is 2.52. The number of aromatic nitrogens is 4. The molecule has 3 aliphatic heterocycles. The second-order valence-corrected chi connectivity index (χ2v) is 12.6. The maximum absolute atomic E-state index is 13.5. The van der Waals surface area contributed by atoms with E-state index in [0.717, 1.165) is 35.9 Å². The van der Waals surface area contributed by atoms with E-state index >= 15 is 0 Å². The summed E-state index contributed by atoms with van der Waals surface area (Å²) in [5, 5.41) is 20.5. The number of nitriles is 1. The molecule has 12 nitrogen and oxygen atoms in total. The fourth-order valence-corrected chi connectivity index (χ4v) is 8.23. The van der Waals surface area contributed by atoms with Gasteiger partial charge in [0.2, 0.25) is 5.95 Å². The van der Waals surface area contributed by atoms with Gasteiger partial charge in [-0.1, -0.05) is 6.42 Å². The zero-order valence-corrected chi connectivity index (χ0v) is 23.1. The molecule has 0 spiro atoms. The van der Waals surface area contributed by atoms with E-state index in [-0.39, 0.29) is 37.1 Å². The molecule has 2 aromatic heterocycles. The monoisotopic (exact) mass is 551 g/mol. The van der Waals surface area contributed by atoms with Gasteiger partial charge in [-0.25, -0.2) is 4.98 Å². The van der Waals surface area contributed by atoms with Crippen LogP contribution in [0.5, 0.6) is 5.75 Å². The number of hydrogen-bond acceptors (Lipinski definition) is 9. The molecule has 39 heavy (non-hydrogen) atoms. The molecule has 206 valence electrons. The van der Waals surface area contributed by atoms with E-state index < -0.39 is 10.2 Å². The molecule has 13 heteroatoms. The lowest BCUT2D eigenvalue weighted by atomic mass is 9.83. The number of ether oxygens (including phenoxy) is 1. The number of fused-ring (bicyclic) bond motifs is 3. The Balaban J connectivity index is 1.29. The quantitative estimate of drug-likeness (QED) is 0.453. The first-order valence-electron chi connectivity index (χ1n) is 13.3. The van der Waals surface area contributed by atoms with Crippen molar-refractivity contribution < 1.29 is 13.2 Å². The number of methoxy groups -OCH3 is 1. The maximum atomic E-state index is 13.5. The number of aromatic amines is 1. The summed E-state index contributed by atoms with van der Waals surface area (Å²) >= 11 is 0. The summed E-state index contributed by atoms with van der Waals surface area (Å²) in [7, 11) is 0.0295. The van der Waals surface area contributed by atoms with Gasteiger partial charge in [0.25, 0.3) is 10.2 Å². The number of piperidine rings is 2. The Morgan fingerprint density at radius 2 is 1.92 bits per heavy atom. The highest BCUT2D eigenvalue weighted by molar-refractivity contribution is 7.86. The molecule has 1 aromatic carbocycles. The standard InChI is InChI=1S/C26H33N9O3S/c1-16-9-24(32-31-16)29-25-22-8-7-21(38-3)12-23(22)28-26(30-25)33(2)20-10-18-5-4-6-19(11-20)35(18)39(36,37)34-14-17(13-27)15-34/h7-9,12,17-20H,4-6,10-11,14-15H2,1-3H3,(H2,28,29,30,31,32)/t18-,19+,20?. The number of H-pyrrole nitrogens is 1. The molecular formula is C26H33N9O3S. The molecule has 6 rings (SSSR count). The zero-order chi connectivity index (χ0) is 27.3. The normalized spacial score (nSPS) is 24.2. The largest absolute Gasteiger partial charge is 0.497 e. The number of rotatable bonds is 7. The van der Waals surface area contributed by atoms with Crippen molar-refractivity contribution >= 4 is 38.7 Å². The van der Waals surface area contributed by atoms with Gasteiger partial charge in [0.05, 0.1) is 24.6 Å². The van der Waals surface area contributed by atoms with Crippen molar-refractivity contribution in [3.63, 3.8) is 0 Å². The SMILES string of the molecule is COc1ccc2c(Nc3cc(C)[nH]n3)nc(N(C)C3C[C@H]4CCC[C@@H](C3)N4S(=O)(=O)N3CC(C#N)C3)nc2c1. The summed E-state index contributed by atoms with van der Waals surface area (Å²) < 4.78 is 35.6. The predicted octanol–water partition coefficient (Wildman–Crippen LogP) is 2.94. The average Bonchev–Trinajstić information content (AvgIpc) is 3.30. The molecule has 0 saturated carbocycles. The van der Waals surface area contributed by atoms with Crippen LogP contribution < -0.4 is 15.0 Å². The molecule has 0 radical (unpaired) electrons. The molecule has 3 aromatic rings. The Morgan fingerprint density at radius 3 is 2.56 bits per heavy atom. The fraction of sp³-hybridized carbons (Fsp3) is 0.538. The Labute approximate surface area is 228 Å². The van der Waals surface area contributed by atoms with Gasteiger partial charge in [-0.15, -0.1) is 0 Å². The molecule has 3 fully saturated rings. The van der Waals surface area contributed by atoms with Crippen molar-refractivity contribution in [1.82, 2.24) is 28.8 Å². The van der Waals surface area contributed by atoms with E-state index in [0.29, 0.717) is 36.2 Å². The van der Waals surface area contributed by atoms with Crippen LogP contribution in [0, 0.1) is 24.2 Å². The number of nitrogens with zero attached hydrogens (tertiary/aromatic N) is 7. The molecular weight excluding hydrogens is 518 g/mol. The minimum atomic E-state index is -3.59. The number of benzene rings is 1. The molecule has 0 aliphatic carbocycles. The fourth-order valence-electron chi connectivity index (χ4n) is 6.09. The lowest BCUT2D eigenvalue weighted by molar-refractivity contribution is 0.0930. The van der Waals surface area contributed by atoms with E-state index in [4.69, 9.17) is 20.0 Å². The summed E-state index contributed by atoms with van der Waals surface area (Å²) in [6.07, 6.45) is 4.07. The Kier molecular flexibility index (Phi) is 6.57. The van der Waals surface area contributed by atoms with Crippen LogP contribution >= 0.6 is 0 Å². The van der Waals surface area contributed by atoms with Crippen LogP contribution in [-0.4, -0.2) is 82.6 Å². The summed E-state index contributed by atoms with van der Waals surface area (Å²) in [4.78, 5) is 11.9. The molecule has 2 bridgehead atoms. The van der Waals surface area contributed by atoms with E-state index in [1.165, 1.54) is 4.31 Å². The van der Waals surface area contributed by atoms with Gasteiger partial charge in [0, 0.05) is 61.5 Å². The van der Waals surface area contributed by atoms with E-state index in [2.05, 4.69) is 26.5 Å². The lowest BCUT2D eigenvalue weighted by Gasteiger charge is -2.51. The minimum absolute atomic E-state index is 0.0820. The summed E-state index contributed by atoms with van der Waals surface area (Å²) in [6, 6.07) is 9.70. The molecule has 3 saturated heterocycles. The van der Waals surface area contributed by atoms with Crippen molar-refractivity contribution in [3.05, 3.63) is 30.0 Å². The van der Waals surface area contributed by atoms with Gasteiger partial charge in [0.15, 0.2) is 5.82 Å². The number of anilines is 3. The van der Waals surface area contributed by atoms with Gasteiger partial charge in [-0.3, -0.25) is 5.10 Å². The van der Waals surface area contributed by atoms with Crippen LogP contribution in [-0.2, 0) is 10.2 Å². The van der Waals surface area contributed by atoms with E-state index in [1.807, 2.05) is 38.2 Å². The smallest absolute Gasteiger partial charge is 0.282 e. The number of aryl methyl sites for hydroxylation is 1.